The lowest BCUT2D eigenvalue weighted by molar-refractivity contribution is -0.131. The van der Waals surface area contributed by atoms with Crippen molar-refractivity contribution in [2.24, 2.45) is 0 Å². The van der Waals surface area contributed by atoms with Gasteiger partial charge in [-0.1, -0.05) is 35.9 Å². The molecule has 34 heavy (non-hydrogen) atoms. The number of benzene rings is 3. The summed E-state index contributed by atoms with van der Waals surface area (Å²) >= 11 is 3.37. The van der Waals surface area contributed by atoms with Gasteiger partial charge in [-0.05, 0) is 82.9 Å². The molecule has 7 nitrogen and oxygen atoms in total. The van der Waals surface area contributed by atoms with Crippen molar-refractivity contribution in [1.29, 1.82) is 0 Å². The first-order chi connectivity index (χ1) is 16.1. The molecule has 0 aliphatic rings. The maximum atomic E-state index is 12.4. The van der Waals surface area contributed by atoms with Crippen LogP contribution in [0.4, 0.5) is 5.69 Å². The van der Waals surface area contributed by atoms with E-state index in [9.17, 15) is 18.0 Å². The third kappa shape index (κ3) is 7.29. The highest BCUT2D eigenvalue weighted by Gasteiger charge is 2.16. The van der Waals surface area contributed by atoms with Crippen LogP contribution in [-0.2, 0) is 26.1 Å². The van der Waals surface area contributed by atoms with Crippen molar-refractivity contribution in [2.75, 3.05) is 5.32 Å². The van der Waals surface area contributed by atoms with Gasteiger partial charge in [0.15, 0.2) is 0 Å². The summed E-state index contributed by atoms with van der Waals surface area (Å²) in [7, 11) is -3.93. The van der Waals surface area contributed by atoms with Gasteiger partial charge in [-0.2, -0.15) is 8.42 Å². The van der Waals surface area contributed by atoms with Gasteiger partial charge < -0.3 is 14.6 Å². The summed E-state index contributed by atoms with van der Waals surface area (Å²) in [6.07, 6.45) is 3.10. The minimum Gasteiger partial charge on any atom is -0.478 e. The first-order valence-corrected chi connectivity index (χ1v) is 12.4. The van der Waals surface area contributed by atoms with Crippen LogP contribution in [-0.4, -0.2) is 25.4 Å². The molecule has 0 atom stereocenters. The quantitative estimate of drug-likeness (QED) is 0.283. The normalized spacial score (nSPS) is 11.4. The minimum atomic E-state index is -3.93. The van der Waals surface area contributed by atoms with Crippen LogP contribution in [0.5, 0.6) is 5.75 Å². The number of nitrogens with one attached hydrogen (secondary N) is 1. The number of carbonyl (C=O) groups is 2. The highest BCUT2D eigenvalue weighted by molar-refractivity contribution is 9.10. The Morgan fingerprint density at radius 3 is 2.35 bits per heavy atom. The molecule has 0 heterocycles. The highest BCUT2D eigenvalue weighted by atomic mass is 79.9. The predicted octanol–water partition coefficient (Wildman–Crippen LogP) is 5.19. The first-order valence-electron chi connectivity index (χ1n) is 10.2. The van der Waals surface area contributed by atoms with E-state index >= 15 is 0 Å². The zero-order valence-corrected chi connectivity index (χ0v) is 20.6. The van der Waals surface area contributed by atoms with Crippen LogP contribution in [0.15, 0.2) is 82.2 Å². The van der Waals surface area contributed by atoms with Crippen molar-refractivity contribution in [3.8, 4) is 5.75 Å². The molecule has 3 aromatic carbocycles. The molecule has 0 spiro atoms. The van der Waals surface area contributed by atoms with Gasteiger partial charge in [0.05, 0.1) is 5.69 Å². The lowest BCUT2D eigenvalue weighted by Gasteiger charge is -2.10. The van der Waals surface area contributed by atoms with E-state index in [0.717, 1.165) is 17.2 Å². The van der Waals surface area contributed by atoms with Gasteiger partial charge in [-0.3, -0.25) is 4.79 Å². The van der Waals surface area contributed by atoms with Crippen LogP contribution in [0.1, 0.15) is 23.1 Å². The Morgan fingerprint density at radius 2 is 1.71 bits per heavy atom. The number of aliphatic carboxylic acids is 1. The molecule has 0 bridgehead atoms. The number of amides is 1. The monoisotopic (exact) mass is 543 g/mol. The first kappa shape index (κ1) is 25.2. The molecule has 0 aromatic heterocycles. The standard InChI is InChI=1S/C25H22BrNO6S/c1-17-2-11-21(12-3-17)34(31,32)33-20-9-4-18(5-10-20)7-14-24(28)27-23-16-19(6-13-22(23)26)8-15-25(29)30/h2-6,8-13,15-16H,7,14H2,1H3,(H,27,28)(H,29,30)/b15-8+. The third-order valence-corrected chi connectivity index (χ3v) is 6.72. The van der Waals surface area contributed by atoms with Crippen LogP contribution in [0.2, 0.25) is 0 Å². The molecule has 3 aromatic rings. The van der Waals surface area contributed by atoms with E-state index in [0.29, 0.717) is 22.1 Å². The summed E-state index contributed by atoms with van der Waals surface area (Å²) in [5.41, 5.74) is 2.95. The number of carboxylic acid groups (broad SMARTS) is 1. The summed E-state index contributed by atoms with van der Waals surface area (Å²) < 4.78 is 30.7. The summed E-state index contributed by atoms with van der Waals surface area (Å²) in [4.78, 5) is 23.2. The Labute approximate surface area is 206 Å². The Bertz CT molecular complexity index is 1320. The second kappa shape index (κ2) is 11.1. The lowest BCUT2D eigenvalue weighted by atomic mass is 10.1. The van der Waals surface area contributed by atoms with E-state index in [2.05, 4.69) is 21.2 Å². The largest absolute Gasteiger partial charge is 0.478 e. The second-order valence-corrected chi connectivity index (χ2v) is 9.85. The van der Waals surface area contributed by atoms with E-state index < -0.39 is 16.1 Å². The molecule has 3 rings (SSSR count). The Hall–Kier alpha value is -3.43. The van der Waals surface area contributed by atoms with Gasteiger partial charge in [0.25, 0.3) is 0 Å². The molecule has 0 saturated carbocycles. The Kier molecular flexibility index (Phi) is 8.25. The number of aryl methyl sites for hydroxylation is 2. The third-order valence-electron chi connectivity index (χ3n) is 4.76. The molecule has 0 unspecified atom stereocenters. The minimum absolute atomic E-state index is 0.0764. The molecule has 0 radical (unpaired) electrons. The zero-order chi connectivity index (χ0) is 24.7. The van der Waals surface area contributed by atoms with E-state index in [-0.39, 0.29) is 23.0 Å². The van der Waals surface area contributed by atoms with Gasteiger partial charge in [0, 0.05) is 17.0 Å². The van der Waals surface area contributed by atoms with Crippen LogP contribution >= 0.6 is 15.9 Å². The number of hydrogen-bond acceptors (Lipinski definition) is 5. The van der Waals surface area contributed by atoms with Crippen molar-refractivity contribution in [3.63, 3.8) is 0 Å². The molecule has 0 fully saturated rings. The van der Waals surface area contributed by atoms with Crippen molar-refractivity contribution in [3.05, 3.63) is 94.0 Å². The Balaban J connectivity index is 1.57. The van der Waals surface area contributed by atoms with Gasteiger partial charge in [-0.25, -0.2) is 4.79 Å². The summed E-state index contributed by atoms with van der Waals surface area (Å²) in [5.74, 6) is -1.09. The molecule has 1 amide bonds. The van der Waals surface area contributed by atoms with E-state index in [4.69, 9.17) is 9.29 Å². The number of halogens is 1. The number of carboxylic acids is 1. The Morgan fingerprint density at radius 1 is 1.03 bits per heavy atom. The molecule has 176 valence electrons. The smallest absolute Gasteiger partial charge is 0.339 e. The van der Waals surface area contributed by atoms with Crippen LogP contribution < -0.4 is 9.50 Å². The van der Waals surface area contributed by atoms with Crippen LogP contribution in [0, 0.1) is 6.92 Å². The van der Waals surface area contributed by atoms with E-state index in [1.165, 1.54) is 18.2 Å². The van der Waals surface area contributed by atoms with Gasteiger partial charge in [-0.15, -0.1) is 0 Å². The zero-order valence-electron chi connectivity index (χ0n) is 18.2. The van der Waals surface area contributed by atoms with Crippen molar-refractivity contribution >= 4 is 49.7 Å². The fourth-order valence-corrected chi connectivity index (χ4v) is 4.25. The number of carbonyl (C=O) groups excluding carboxylic acids is 1. The van der Waals surface area contributed by atoms with Gasteiger partial charge >= 0.3 is 16.1 Å². The summed E-state index contributed by atoms with van der Waals surface area (Å²) in [5, 5.41) is 11.6. The number of rotatable bonds is 9. The number of hydrogen-bond donors (Lipinski definition) is 2. The maximum Gasteiger partial charge on any atom is 0.339 e. The average Bonchev–Trinajstić information content (AvgIpc) is 2.79. The highest BCUT2D eigenvalue weighted by Crippen LogP contribution is 2.25. The molecule has 0 aliphatic heterocycles. The van der Waals surface area contributed by atoms with Gasteiger partial charge in [0.2, 0.25) is 5.91 Å². The topological polar surface area (TPSA) is 110 Å². The van der Waals surface area contributed by atoms with E-state index in [1.807, 2.05) is 6.92 Å². The molecule has 9 heteroatoms. The van der Waals surface area contributed by atoms with Crippen molar-refractivity contribution < 1.29 is 27.3 Å². The molecular weight excluding hydrogens is 522 g/mol. The molecule has 0 aliphatic carbocycles. The number of anilines is 1. The van der Waals surface area contributed by atoms with Gasteiger partial charge in [0.1, 0.15) is 10.6 Å². The lowest BCUT2D eigenvalue weighted by Crippen LogP contribution is -2.13. The fourth-order valence-electron chi connectivity index (χ4n) is 2.97. The van der Waals surface area contributed by atoms with Crippen LogP contribution in [0.3, 0.4) is 0 Å². The van der Waals surface area contributed by atoms with Crippen LogP contribution in [0.25, 0.3) is 6.08 Å². The molecule has 0 saturated heterocycles. The molecular formula is C25H22BrNO6S. The predicted molar refractivity (Wildman–Crippen MR) is 133 cm³/mol. The van der Waals surface area contributed by atoms with Crippen molar-refractivity contribution in [2.45, 2.75) is 24.7 Å². The van der Waals surface area contributed by atoms with Crippen molar-refractivity contribution in [1.82, 2.24) is 0 Å². The van der Waals surface area contributed by atoms with E-state index in [1.54, 1.807) is 54.6 Å². The molecule has 2 N–H and O–H groups in total. The average molecular weight is 544 g/mol. The summed E-state index contributed by atoms with van der Waals surface area (Å²) in [6.45, 7) is 1.87. The maximum absolute atomic E-state index is 12.4. The SMILES string of the molecule is Cc1ccc(S(=O)(=O)Oc2ccc(CCC(=O)Nc3cc(/C=C/C(=O)O)ccc3Br)cc2)cc1. The summed E-state index contributed by atoms with van der Waals surface area (Å²) in [6, 6.07) is 18.0. The fraction of sp³-hybridized carbons (Fsp3) is 0.120. The second-order valence-electron chi connectivity index (χ2n) is 7.45.